The highest BCUT2D eigenvalue weighted by atomic mass is 16.6. The van der Waals surface area contributed by atoms with Crippen molar-refractivity contribution in [3.63, 3.8) is 0 Å². The van der Waals surface area contributed by atoms with Crippen LogP contribution in [0.3, 0.4) is 0 Å². The molecule has 1 aromatic heterocycles. The molecule has 1 aliphatic carbocycles. The molecule has 2 aromatic rings. The van der Waals surface area contributed by atoms with E-state index in [1.54, 1.807) is 24.5 Å². The molecule has 0 aliphatic heterocycles. The van der Waals surface area contributed by atoms with Gasteiger partial charge in [0.1, 0.15) is 12.2 Å². The predicted octanol–water partition coefficient (Wildman–Crippen LogP) is 1.89. The number of carbonyl (C=O) groups excluding carboxylic acids is 1. The Morgan fingerprint density at radius 2 is 2.12 bits per heavy atom. The number of non-ortho nitro benzene ring substituents is 1. The third-order valence-corrected chi connectivity index (χ3v) is 3.77. The summed E-state index contributed by atoms with van der Waals surface area (Å²) in [5.74, 6) is 1.30. The fraction of sp³-hybridized carbons (Fsp3) is 0.312. The van der Waals surface area contributed by atoms with E-state index in [0.29, 0.717) is 19.0 Å². The first-order chi connectivity index (χ1) is 11.6. The minimum absolute atomic E-state index is 0.0250. The van der Waals surface area contributed by atoms with Gasteiger partial charge in [-0.15, -0.1) is 10.2 Å². The van der Waals surface area contributed by atoms with Gasteiger partial charge in [0.05, 0.1) is 4.92 Å². The molecule has 1 amide bonds. The van der Waals surface area contributed by atoms with E-state index >= 15 is 0 Å². The fourth-order valence-corrected chi connectivity index (χ4v) is 2.33. The first-order valence-electron chi connectivity index (χ1n) is 7.71. The summed E-state index contributed by atoms with van der Waals surface area (Å²) in [5.41, 5.74) is 0.752. The van der Waals surface area contributed by atoms with Crippen LogP contribution in [0.1, 0.15) is 30.1 Å². The van der Waals surface area contributed by atoms with Crippen LogP contribution in [0.2, 0.25) is 0 Å². The maximum absolute atomic E-state index is 11.8. The van der Waals surface area contributed by atoms with E-state index in [2.05, 4.69) is 15.5 Å². The molecule has 1 aromatic carbocycles. The maximum atomic E-state index is 11.8. The Balaban J connectivity index is 1.46. The minimum Gasteiger partial charge on any atom is -0.351 e. The molecule has 0 radical (unpaired) electrons. The van der Waals surface area contributed by atoms with Crippen molar-refractivity contribution in [2.75, 3.05) is 6.54 Å². The molecule has 8 heteroatoms. The van der Waals surface area contributed by atoms with Gasteiger partial charge in [-0.2, -0.15) is 0 Å². The number of carbonyl (C=O) groups is 1. The number of hydrogen-bond acceptors (Lipinski definition) is 5. The molecule has 0 saturated heterocycles. The average Bonchev–Trinajstić information content (AvgIpc) is 3.32. The number of benzene rings is 1. The second-order valence-electron chi connectivity index (χ2n) is 5.63. The molecule has 1 aliphatic rings. The van der Waals surface area contributed by atoms with Crippen LogP contribution in [0.25, 0.3) is 6.08 Å². The lowest BCUT2D eigenvalue weighted by atomic mass is 10.2. The smallest absolute Gasteiger partial charge is 0.269 e. The summed E-state index contributed by atoms with van der Waals surface area (Å²) in [5, 5.41) is 21.4. The molecule has 24 heavy (non-hydrogen) atoms. The summed E-state index contributed by atoms with van der Waals surface area (Å²) in [6.45, 7) is 1.12. The van der Waals surface area contributed by atoms with Crippen molar-refractivity contribution in [3.05, 3.63) is 58.2 Å². The van der Waals surface area contributed by atoms with E-state index in [4.69, 9.17) is 0 Å². The van der Waals surface area contributed by atoms with E-state index < -0.39 is 4.92 Å². The Kier molecular flexibility index (Phi) is 4.64. The van der Waals surface area contributed by atoms with Gasteiger partial charge in [-0.05, 0) is 36.6 Å². The van der Waals surface area contributed by atoms with Gasteiger partial charge < -0.3 is 9.88 Å². The number of amides is 1. The predicted molar refractivity (Wildman–Crippen MR) is 87.1 cm³/mol. The zero-order valence-electron chi connectivity index (χ0n) is 13.0. The van der Waals surface area contributed by atoms with Gasteiger partial charge in [0, 0.05) is 37.2 Å². The van der Waals surface area contributed by atoms with Crippen molar-refractivity contribution in [1.29, 1.82) is 0 Å². The largest absolute Gasteiger partial charge is 0.351 e. The van der Waals surface area contributed by atoms with Crippen LogP contribution < -0.4 is 5.32 Å². The van der Waals surface area contributed by atoms with Gasteiger partial charge in [-0.1, -0.05) is 0 Å². The van der Waals surface area contributed by atoms with Crippen LogP contribution in [0.15, 0.2) is 36.7 Å². The topological polar surface area (TPSA) is 103 Å². The van der Waals surface area contributed by atoms with Crippen molar-refractivity contribution in [1.82, 2.24) is 20.1 Å². The third-order valence-electron chi connectivity index (χ3n) is 3.77. The van der Waals surface area contributed by atoms with Crippen LogP contribution in [0, 0.1) is 10.1 Å². The molecule has 3 rings (SSSR count). The number of nitrogens with one attached hydrogen (secondary N) is 1. The monoisotopic (exact) mass is 327 g/mol. The Morgan fingerprint density at radius 3 is 2.79 bits per heavy atom. The Bertz CT molecular complexity index is 762. The van der Waals surface area contributed by atoms with Crippen molar-refractivity contribution < 1.29 is 9.72 Å². The van der Waals surface area contributed by atoms with Gasteiger partial charge in [0.25, 0.3) is 5.69 Å². The Morgan fingerprint density at radius 1 is 1.38 bits per heavy atom. The molecule has 1 saturated carbocycles. The molecule has 8 nitrogen and oxygen atoms in total. The third kappa shape index (κ3) is 4.03. The van der Waals surface area contributed by atoms with E-state index in [0.717, 1.165) is 24.2 Å². The van der Waals surface area contributed by atoms with Crippen LogP contribution in [0.4, 0.5) is 5.69 Å². The summed E-state index contributed by atoms with van der Waals surface area (Å²) in [4.78, 5) is 21.9. The van der Waals surface area contributed by atoms with Gasteiger partial charge in [0.15, 0.2) is 0 Å². The number of rotatable bonds is 7. The van der Waals surface area contributed by atoms with E-state index in [1.165, 1.54) is 18.2 Å². The Labute approximate surface area is 138 Å². The normalized spacial score (nSPS) is 14.0. The van der Waals surface area contributed by atoms with E-state index in [1.807, 2.05) is 4.57 Å². The zero-order chi connectivity index (χ0) is 16.9. The number of nitrogens with zero attached hydrogens (tertiary/aromatic N) is 4. The highest BCUT2D eigenvalue weighted by Crippen LogP contribution is 2.38. The summed E-state index contributed by atoms with van der Waals surface area (Å²) in [6, 6.07) is 6.01. The molecule has 0 spiro atoms. The van der Waals surface area contributed by atoms with Crippen LogP contribution in [-0.4, -0.2) is 32.1 Å². The molecule has 0 bridgehead atoms. The van der Waals surface area contributed by atoms with Crippen LogP contribution >= 0.6 is 0 Å². The highest BCUT2D eigenvalue weighted by Gasteiger charge is 2.28. The summed E-state index contributed by atoms with van der Waals surface area (Å²) < 4.78 is 1.97. The average molecular weight is 327 g/mol. The molecule has 1 fully saturated rings. The second kappa shape index (κ2) is 7.03. The summed E-state index contributed by atoms with van der Waals surface area (Å²) in [7, 11) is 0. The molecule has 0 unspecified atom stereocenters. The molecular weight excluding hydrogens is 310 g/mol. The first-order valence-corrected chi connectivity index (χ1v) is 7.71. The van der Waals surface area contributed by atoms with Gasteiger partial charge in [-0.3, -0.25) is 14.9 Å². The second-order valence-corrected chi connectivity index (χ2v) is 5.63. The minimum atomic E-state index is -0.457. The van der Waals surface area contributed by atoms with E-state index in [9.17, 15) is 14.9 Å². The summed E-state index contributed by atoms with van der Waals surface area (Å²) >= 11 is 0. The molecular formula is C16H17N5O3. The van der Waals surface area contributed by atoms with Gasteiger partial charge in [-0.25, -0.2) is 0 Å². The SMILES string of the molecule is O=C(/C=C\c1ccc([N+](=O)[O-])cc1)NCCn1cnnc1C1CC1. The number of hydrogen-bond donors (Lipinski definition) is 1. The van der Waals surface area contributed by atoms with Crippen LogP contribution in [0.5, 0.6) is 0 Å². The van der Waals surface area contributed by atoms with Gasteiger partial charge in [0.2, 0.25) is 5.91 Å². The fourth-order valence-electron chi connectivity index (χ4n) is 2.33. The number of nitro groups is 1. The maximum Gasteiger partial charge on any atom is 0.269 e. The number of nitro benzene ring substituents is 1. The lowest BCUT2D eigenvalue weighted by Gasteiger charge is -2.06. The standard InChI is InChI=1S/C16H17N5O3/c22-15(8-3-12-1-6-14(7-2-12)21(23)24)17-9-10-20-11-18-19-16(20)13-4-5-13/h1-3,6-8,11,13H,4-5,9-10H2,(H,17,22)/b8-3-. The molecule has 1 N–H and O–H groups in total. The Hall–Kier alpha value is -3.03. The van der Waals surface area contributed by atoms with Crippen molar-refractivity contribution in [2.24, 2.45) is 0 Å². The first kappa shape index (κ1) is 15.9. The lowest BCUT2D eigenvalue weighted by molar-refractivity contribution is -0.384. The van der Waals surface area contributed by atoms with Crippen molar-refractivity contribution in [3.8, 4) is 0 Å². The van der Waals surface area contributed by atoms with Crippen LogP contribution in [-0.2, 0) is 11.3 Å². The lowest BCUT2D eigenvalue weighted by Crippen LogP contribution is -2.25. The van der Waals surface area contributed by atoms with Gasteiger partial charge >= 0.3 is 0 Å². The highest BCUT2D eigenvalue weighted by molar-refractivity contribution is 5.91. The number of aromatic nitrogens is 3. The molecule has 1 heterocycles. The molecule has 124 valence electrons. The molecule has 0 atom stereocenters. The van der Waals surface area contributed by atoms with E-state index in [-0.39, 0.29) is 11.6 Å². The van der Waals surface area contributed by atoms with Crippen molar-refractivity contribution in [2.45, 2.75) is 25.3 Å². The summed E-state index contributed by atoms with van der Waals surface area (Å²) in [6.07, 6.45) is 7.03. The van der Waals surface area contributed by atoms with Crippen molar-refractivity contribution >= 4 is 17.7 Å². The quantitative estimate of drug-likeness (QED) is 0.475. The zero-order valence-corrected chi connectivity index (χ0v) is 13.0.